The lowest BCUT2D eigenvalue weighted by molar-refractivity contribution is -0.302. The Hall–Kier alpha value is -1.85. The largest absolute Gasteiger partial charge is 0.394 e. The van der Waals surface area contributed by atoms with E-state index in [0.29, 0.717) is 6.42 Å². The minimum absolute atomic E-state index is 0.202. The van der Waals surface area contributed by atoms with Crippen molar-refractivity contribution < 1.29 is 39.8 Å². The molecule has 0 saturated carbocycles. The van der Waals surface area contributed by atoms with Gasteiger partial charge in [0, 0.05) is 6.42 Å². The number of carbonyl (C=O) groups excluding carboxylic acids is 1. The van der Waals surface area contributed by atoms with Crippen molar-refractivity contribution in [1.29, 1.82) is 0 Å². The highest BCUT2D eigenvalue weighted by Crippen LogP contribution is 2.22. The van der Waals surface area contributed by atoms with Gasteiger partial charge in [-0.1, -0.05) is 127 Å². The number of carbonyl (C=O) groups is 1. The van der Waals surface area contributed by atoms with E-state index in [0.717, 1.165) is 70.6 Å². The van der Waals surface area contributed by atoms with Gasteiger partial charge in [-0.15, -0.1) is 0 Å². The van der Waals surface area contributed by atoms with Gasteiger partial charge in [-0.2, -0.15) is 0 Å². The molecule has 0 aromatic rings. The van der Waals surface area contributed by atoms with E-state index in [4.69, 9.17) is 9.47 Å². The van der Waals surface area contributed by atoms with Gasteiger partial charge < -0.3 is 40.3 Å². The lowest BCUT2D eigenvalue weighted by Crippen LogP contribution is -2.60. The molecule has 0 bridgehead atoms. The number of unbranched alkanes of at least 4 members (excludes halogenated alkanes) is 14. The molecule has 1 aliphatic heterocycles. The molecule has 7 atom stereocenters. The number of nitrogens with one attached hydrogen (secondary N) is 1. The molecule has 9 nitrogen and oxygen atoms in total. The fourth-order valence-corrected chi connectivity index (χ4v) is 5.66. The first-order valence-electron chi connectivity index (χ1n) is 19.4. The monoisotopic (exact) mass is 694 g/mol. The standard InChI is InChI=1S/C40H71NO8/c1-3-5-7-9-11-13-14-15-16-17-18-19-20-21-22-24-26-28-30-36(44)41-33(34(43)29-27-25-23-12-10-8-6-4-2)32-48-40-39(47)38(46)37(45)35(31-42)49-40/h10,12-14,16-17,27,29,33-35,37-40,42-43,45-47H,3-9,11,15,18-26,28,30-32H2,1-2H3,(H,41,44)/b12-10+,14-13-,17-16-,29-27+. The summed E-state index contributed by atoms with van der Waals surface area (Å²) in [5.41, 5.74) is 0. The molecule has 1 fully saturated rings. The Morgan fingerprint density at radius 3 is 1.90 bits per heavy atom. The zero-order valence-corrected chi connectivity index (χ0v) is 30.7. The SMILES string of the molecule is CCCC/C=C/CC/C=C/C(O)C(COC1OC(CO)C(O)C(O)C1O)NC(=O)CCCCCCCCC/C=C\C/C=C\CCCCCC. The molecule has 1 amide bonds. The third-order valence-electron chi connectivity index (χ3n) is 8.88. The lowest BCUT2D eigenvalue weighted by Gasteiger charge is -2.40. The zero-order chi connectivity index (χ0) is 36.0. The summed E-state index contributed by atoms with van der Waals surface area (Å²) < 4.78 is 11.1. The van der Waals surface area contributed by atoms with E-state index in [9.17, 15) is 30.3 Å². The summed E-state index contributed by atoms with van der Waals surface area (Å²) in [6.07, 6.45) is 30.3. The van der Waals surface area contributed by atoms with Gasteiger partial charge in [-0.05, 0) is 57.8 Å². The van der Waals surface area contributed by atoms with Gasteiger partial charge in [0.2, 0.25) is 5.91 Å². The molecule has 0 aromatic carbocycles. The van der Waals surface area contributed by atoms with Gasteiger partial charge in [-0.25, -0.2) is 0 Å². The number of hydrogen-bond donors (Lipinski definition) is 6. The minimum Gasteiger partial charge on any atom is -0.394 e. The van der Waals surface area contributed by atoms with Crippen LogP contribution in [0.15, 0.2) is 48.6 Å². The van der Waals surface area contributed by atoms with Crippen LogP contribution in [0.2, 0.25) is 0 Å². The molecule has 1 aliphatic rings. The van der Waals surface area contributed by atoms with E-state index in [1.807, 2.05) is 6.08 Å². The Balaban J connectivity index is 2.39. The molecule has 0 aliphatic carbocycles. The normalized spacial score (nSPS) is 23.0. The Bertz CT molecular complexity index is 905. The topological polar surface area (TPSA) is 149 Å². The van der Waals surface area contributed by atoms with Crippen molar-refractivity contribution in [3.63, 3.8) is 0 Å². The van der Waals surface area contributed by atoms with Gasteiger partial charge >= 0.3 is 0 Å². The van der Waals surface area contributed by atoms with Crippen molar-refractivity contribution in [2.45, 2.75) is 185 Å². The van der Waals surface area contributed by atoms with Crippen LogP contribution in [-0.2, 0) is 14.3 Å². The number of hydrogen-bond acceptors (Lipinski definition) is 8. The fourth-order valence-electron chi connectivity index (χ4n) is 5.66. The van der Waals surface area contributed by atoms with E-state index in [-0.39, 0.29) is 12.5 Å². The Morgan fingerprint density at radius 2 is 1.24 bits per heavy atom. The van der Waals surface area contributed by atoms with E-state index in [1.54, 1.807) is 6.08 Å². The molecule has 284 valence electrons. The van der Waals surface area contributed by atoms with Crippen LogP contribution in [0.5, 0.6) is 0 Å². The summed E-state index contributed by atoms with van der Waals surface area (Å²) >= 11 is 0. The average molecular weight is 694 g/mol. The van der Waals surface area contributed by atoms with E-state index < -0.39 is 49.5 Å². The first-order valence-corrected chi connectivity index (χ1v) is 19.4. The third-order valence-corrected chi connectivity index (χ3v) is 8.88. The first kappa shape index (κ1) is 45.2. The van der Waals surface area contributed by atoms with Crippen molar-refractivity contribution in [2.75, 3.05) is 13.2 Å². The molecule has 6 N–H and O–H groups in total. The summed E-state index contributed by atoms with van der Waals surface area (Å²) in [6.45, 7) is 3.62. The fraction of sp³-hybridized carbons (Fsp3) is 0.775. The van der Waals surface area contributed by atoms with Crippen molar-refractivity contribution in [1.82, 2.24) is 5.32 Å². The summed E-state index contributed by atoms with van der Waals surface area (Å²) in [5, 5.41) is 53.7. The van der Waals surface area contributed by atoms with Gasteiger partial charge in [0.05, 0.1) is 25.4 Å². The molecule has 1 rings (SSSR count). The van der Waals surface area contributed by atoms with Crippen molar-refractivity contribution >= 4 is 5.91 Å². The Labute approximate surface area is 297 Å². The highest BCUT2D eigenvalue weighted by molar-refractivity contribution is 5.76. The van der Waals surface area contributed by atoms with Crippen molar-refractivity contribution in [3.8, 4) is 0 Å². The average Bonchev–Trinajstić information content (AvgIpc) is 3.10. The number of ether oxygens (including phenoxy) is 2. The molecule has 49 heavy (non-hydrogen) atoms. The molecule has 0 radical (unpaired) electrons. The molecule has 7 unspecified atom stereocenters. The smallest absolute Gasteiger partial charge is 0.220 e. The molecular weight excluding hydrogens is 622 g/mol. The molecule has 0 aromatic heterocycles. The van der Waals surface area contributed by atoms with Gasteiger partial charge in [0.25, 0.3) is 0 Å². The van der Waals surface area contributed by atoms with Gasteiger partial charge in [-0.3, -0.25) is 4.79 Å². The van der Waals surface area contributed by atoms with Crippen LogP contribution in [0.4, 0.5) is 0 Å². The Kier molecular flexibility index (Phi) is 28.5. The number of aliphatic hydroxyl groups excluding tert-OH is 5. The van der Waals surface area contributed by atoms with Crippen LogP contribution in [-0.4, -0.2) is 87.5 Å². The third kappa shape index (κ3) is 22.6. The number of allylic oxidation sites excluding steroid dienone is 7. The summed E-state index contributed by atoms with van der Waals surface area (Å²) in [4.78, 5) is 12.8. The first-order chi connectivity index (χ1) is 23.8. The Morgan fingerprint density at radius 1 is 0.694 bits per heavy atom. The highest BCUT2D eigenvalue weighted by Gasteiger charge is 2.44. The summed E-state index contributed by atoms with van der Waals surface area (Å²) in [5.74, 6) is -0.202. The minimum atomic E-state index is -1.57. The number of aliphatic hydroxyl groups is 5. The van der Waals surface area contributed by atoms with E-state index >= 15 is 0 Å². The van der Waals surface area contributed by atoms with Crippen molar-refractivity contribution in [3.05, 3.63) is 48.6 Å². The maximum Gasteiger partial charge on any atom is 0.220 e. The molecule has 0 spiro atoms. The van der Waals surface area contributed by atoms with E-state index in [1.165, 1.54) is 51.4 Å². The van der Waals surface area contributed by atoms with Crippen LogP contribution in [0, 0.1) is 0 Å². The maximum atomic E-state index is 12.8. The highest BCUT2D eigenvalue weighted by atomic mass is 16.7. The summed E-state index contributed by atoms with van der Waals surface area (Å²) in [7, 11) is 0. The van der Waals surface area contributed by atoms with Crippen LogP contribution in [0.3, 0.4) is 0 Å². The zero-order valence-electron chi connectivity index (χ0n) is 30.7. The van der Waals surface area contributed by atoms with E-state index in [2.05, 4.69) is 55.6 Å². The number of rotatable bonds is 30. The summed E-state index contributed by atoms with van der Waals surface area (Å²) in [6, 6.07) is -0.822. The maximum absolute atomic E-state index is 12.8. The van der Waals surface area contributed by atoms with Gasteiger partial charge in [0.1, 0.15) is 24.4 Å². The predicted molar refractivity (Wildman–Crippen MR) is 198 cm³/mol. The molecule has 1 saturated heterocycles. The van der Waals surface area contributed by atoms with Crippen LogP contribution >= 0.6 is 0 Å². The van der Waals surface area contributed by atoms with Gasteiger partial charge in [0.15, 0.2) is 6.29 Å². The second-order valence-electron chi connectivity index (χ2n) is 13.4. The molecular formula is C40H71NO8. The lowest BCUT2D eigenvalue weighted by atomic mass is 9.99. The van der Waals surface area contributed by atoms with Crippen LogP contribution < -0.4 is 5.32 Å². The quantitative estimate of drug-likeness (QED) is 0.0359. The second-order valence-corrected chi connectivity index (χ2v) is 13.4. The molecule has 9 heteroatoms. The number of amides is 1. The van der Waals surface area contributed by atoms with Crippen molar-refractivity contribution in [2.24, 2.45) is 0 Å². The second kappa shape index (κ2) is 30.9. The molecule has 1 heterocycles. The predicted octanol–water partition coefficient (Wildman–Crippen LogP) is 6.72. The van der Waals surface area contributed by atoms with Crippen LogP contribution in [0.1, 0.15) is 142 Å². The van der Waals surface area contributed by atoms with Crippen LogP contribution in [0.25, 0.3) is 0 Å².